The van der Waals surface area contributed by atoms with E-state index < -0.39 is 17.2 Å². The van der Waals surface area contributed by atoms with Gasteiger partial charge in [0.05, 0.1) is 7.11 Å². The van der Waals surface area contributed by atoms with E-state index in [1.807, 2.05) is 0 Å². The summed E-state index contributed by atoms with van der Waals surface area (Å²) in [5, 5.41) is -0.0568. The van der Waals surface area contributed by atoms with E-state index in [0.717, 1.165) is 4.57 Å². The molecule has 0 bridgehead atoms. The monoisotopic (exact) mass is 286 g/mol. The number of hydrogen-bond donors (Lipinski definition) is 0. The Bertz CT molecular complexity index is 785. The van der Waals surface area contributed by atoms with Gasteiger partial charge in [-0.2, -0.15) is 0 Å². The number of rotatable bonds is 2. The van der Waals surface area contributed by atoms with Crippen LogP contribution in [-0.4, -0.2) is 31.8 Å². The molecule has 2 rings (SSSR count). The van der Waals surface area contributed by atoms with Crippen LogP contribution in [0.5, 0.6) is 0 Å². The number of carbonyl (C=O) groups is 1. The third kappa shape index (κ3) is 1.93. The van der Waals surface area contributed by atoms with Crippen LogP contribution in [0.3, 0.4) is 0 Å². The molecule has 0 unspecified atom stereocenters. The number of hydrogen-bond acceptors (Lipinski definition) is 5. The maximum Gasteiger partial charge on any atom is 0.332 e. The Morgan fingerprint density at radius 2 is 1.95 bits per heavy atom. The van der Waals surface area contributed by atoms with Crippen LogP contribution >= 0.6 is 11.6 Å². The van der Waals surface area contributed by atoms with Gasteiger partial charge in [0.1, 0.15) is 6.54 Å². The number of halogens is 1. The average Bonchev–Trinajstić information content (AvgIpc) is 2.71. The van der Waals surface area contributed by atoms with E-state index in [1.165, 1.54) is 30.3 Å². The van der Waals surface area contributed by atoms with Crippen molar-refractivity contribution in [1.82, 2.24) is 18.7 Å². The van der Waals surface area contributed by atoms with Crippen molar-refractivity contribution < 1.29 is 9.53 Å². The lowest BCUT2D eigenvalue weighted by Crippen LogP contribution is -2.37. The predicted molar refractivity (Wildman–Crippen MR) is 67.2 cm³/mol. The Kier molecular flexibility index (Phi) is 3.19. The molecule has 0 aromatic carbocycles. The van der Waals surface area contributed by atoms with Crippen molar-refractivity contribution in [3.8, 4) is 0 Å². The number of nitrogens with zero attached hydrogens (tertiary/aromatic N) is 4. The zero-order chi connectivity index (χ0) is 14.3. The number of aromatic nitrogens is 4. The van der Waals surface area contributed by atoms with Gasteiger partial charge in [0.2, 0.25) is 5.28 Å². The van der Waals surface area contributed by atoms with Crippen LogP contribution in [0, 0.1) is 0 Å². The summed E-state index contributed by atoms with van der Waals surface area (Å²) >= 11 is 5.90. The maximum atomic E-state index is 11.9. The molecule has 2 aromatic rings. The Balaban J connectivity index is 2.87. The van der Waals surface area contributed by atoms with E-state index in [0.29, 0.717) is 0 Å². The fourth-order valence-corrected chi connectivity index (χ4v) is 2.02. The van der Waals surface area contributed by atoms with Gasteiger partial charge in [-0.15, -0.1) is 0 Å². The molecule has 0 N–H and O–H groups in total. The average molecular weight is 287 g/mol. The minimum Gasteiger partial charge on any atom is -0.468 e. The van der Waals surface area contributed by atoms with Crippen LogP contribution in [-0.2, 0) is 30.2 Å². The topological polar surface area (TPSA) is 88.1 Å². The summed E-state index contributed by atoms with van der Waals surface area (Å²) in [7, 11) is 4.04. The van der Waals surface area contributed by atoms with Crippen LogP contribution in [0.25, 0.3) is 11.2 Å². The van der Waals surface area contributed by atoms with Gasteiger partial charge in [-0.3, -0.25) is 23.3 Å². The summed E-state index contributed by atoms with van der Waals surface area (Å²) in [6.07, 6.45) is 0. The van der Waals surface area contributed by atoms with Crippen molar-refractivity contribution >= 4 is 28.7 Å². The molecular formula is C10H11ClN4O4. The van der Waals surface area contributed by atoms with Crippen molar-refractivity contribution in [2.45, 2.75) is 6.54 Å². The number of imidazole rings is 1. The lowest BCUT2D eigenvalue weighted by atomic mass is 10.5. The minimum atomic E-state index is -0.566. The van der Waals surface area contributed by atoms with Crippen LogP contribution in [0.15, 0.2) is 9.59 Å². The smallest absolute Gasteiger partial charge is 0.332 e. The molecule has 0 aliphatic carbocycles. The lowest BCUT2D eigenvalue weighted by molar-refractivity contribution is -0.141. The second-order valence-corrected chi connectivity index (χ2v) is 4.26. The fraction of sp³-hybridized carbons (Fsp3) is 0.400. The quantitative estimate of drug-likeness (QED) is 0.536. The molecule has 9 heteroatoms. The maximum absolute atomic E-state index is 11.9. The molecule has 0 saturated heterocycles. The van der Waals surface area contributed by atoms with Crippen LogP contribution in [0.2, 0.25) is 5.28 Å². The molecule has 0 radical (unpaired) electrons. The molecule has 0 fully saturated rings. The number of fused-ring (bicyclic) bond motifs is 1. The molecule has 2 aromatic heterocycles. The first kappa shape index (κ1) is 13.3. The number of ether oxygens (including phenoxy) is 1. The van der Waals surface area contributed by atoms with Gasteiger partial charge in [0.15, 0.2) is 11.2 Å². The SMILES string of the molecule is COC(=O)Cn1c(Cl)nc2c(=O)n(C)c(=O)n(C)c21. The molecule has 19 heavy (non-hydrogen) atoms. The number of aryl methyl sites for hydroxylation is 1. The third-order valence-corrected chi connectivity index (χ3v) is 3.10. The summed E-state index contributed by atoms with van der Waals surface area (Å²) < 4.78 is 7.92. The zero-order valence-electron chi connectivity index (χ0n) is 10.5. The van der Waals surface area contributed by atoms with E-state index in [-0.39, 0.29) is 23.0 Å². The largest absolute Gasteiger partial charge is 0.468 e. The summed E-state index contributed by atoms with van der Waals surface area (Å²) in [6.45, 7) is -0.230. The van der Waals surface area contributed by atoms with Gasteiger partial charge in [-0.1, -0.05) is 0 Å². The van der Waals surface area contributed by atoms with Crippen LogP contribution in [0.4, 0.5) is 0 Å². The zero-order valence-corrected chi connectivity index (χ0v) is 11.3. The van der Waals surface area contributed by atoms with Crippen LogP contribution < -0.4 is 11.2 Å². The van der Waals surface area contributed by atoms with Gasteiger partial charge in [-0.25, -0.2) is 9.78 Å². The minimum absolute atomic E-state index is 0.0264. The second kappa shape index (κ2) is 4.54. The molecule has 0 spiro atoms. The Morgan fingerprint density at radius 3 is 2.53 bits per heavy atom. The standard InChI is InChI=1S/C10H11ClN4O4/c1-13-7-6(8(17)14(2)10(13)18)12-9(11)15(7)4-5(16)19-3/h4H2,1-3H3. The van der Waals surface area contributed by atoms with Gasteiger partial charge in [0, 0.05) is 14.1 Å². The highest BCUT2D eigenvalue weighted by atomic mass is 35.5. The number of esters is 1. The van der Waals surface area contributed by atoms with Crippen LogP contribution in [0.1, 0.15) is 0 Å². The Labute approximate surface area is 111 Å². The Morgan fingerprint density at radius 1 is 1.32 bits per heavy atom. The second-order valence-electron chi connectivity index (χ2n) is 3.92. The summed E-state index contributed by atoms with van der Waals surface area (Å²) in [6, 6.07) is 0. The van der Waals surface area contributed by atoms with E-state index in [4.69, 9.17) is 11.6 Å². The van der Waals surface area contributed by atoms with Crippen molar-refractivity contribution in [3.63, 3.8) is 0 Å². The first-order chi connectivity index (χ1) is 8.88. The molecule has 2 heterocycles. The Hall–Kier alpha value is -2.09. The molecule has 0 amide bonds. The van der Waals surface area contributed by atoms with Gasteiger partial charge >= 0.3 is 11.7 Å². The summed E-state index contributed by atoms with van der Waals surface area (Å²) in [5.74, 6) is -0.561. The van der Waals surface area contributed by atoms with Crippen molar-refractivity contribution in [2.75, 3.05) is 7.11 Å². The van der Waals surface area contributed by atoms with E-state index in [9.17, 15) is 14.4 Å². The van der Waals surface area contributed by atoms with E-state index in [1.54, 1.807) is 0 Å². The van der Waals surface area contributed by atoms with Crippen molar-refractivity contribution in [3.05, 3.63) is 26.1 Å². The number of methoxy groups -OCH3 is 1. The normalized spacial score (nSPS) is 10.9. The molecule has 102 valence electrons. The first-order valence-electron chi connectivity index (χ1n) is 5.27. The molecular weight excluding hydrogens is 276 g/mol. The van der Waals surface area contributed by atoms with E-state index >= 15 is 0 Å². The molecule has 0 atom stereocenters. The summed E-state index contributed by atoms with van der Waals surface area (Å²) in [4.78, 5) is 39.0. The third-order valence-electron chi connectivity index (χ3n) is 2.81. The first-order valence-corrected chi connectivity index (χ1v) is 5.64. The van der Waals surface area contributed by atoms with Gasteiger partial charge in [-0.05, 0) is 11.6 Å². The predicted octanol–water partition coefficient (Wildman–Crippen LogP) is -0.740. The van der Waals surface area contributed by atoms with Gasteiger partial charge in [0.25, 0.3) is 5.56 Å². The van der Waals surface area contributed by atoms with E-state index in [2.05, 4.69) is 9.72 Å². The number of carbonyl (C=O) groups excluding carboxylic acids is 1. The highest BCUT2D eigenvalue weighted by Crippen LogP contribution is 2.15. The highest BCUT2D eigenvalue weighted by molar-refractivity contribution is 6.29. The highest BCUT2D eigenvalue weighted by Gasteiger charge is 2.19. The van der Waals surface area contributed by atoms with Crippen molar-refractivity contribution in [1.29, 1.82) is 0 Å². The summed E-state index contributed by atoms with van der Waals surface area (Å²) in [5.41, 5.74) is -0.884. The molecule has 0 aliphatic heterocycles. The lowest BCUT2D eigenvalue weighted by Gasteiger charge is -2.08. The molecule has 8 nitrogen and oxygen atoms in total. The molecule has 0 aliphatic rings. The van der Waals surface area contributed by atoms with Gasteiger partial charge < -0.3 is 4.74 Å². The fourth-order valence-electron chi connectivity index (χ4n) is 1.80. The van der Waals surface area contributed by atoms with Crippen molar-refractivity contribution in [2.24, 2.45) is 14.1 Å². The molecule has 0 saturated carbocycles.